The summed E-state index contributed by atoms with van der Waals surface area (Å²) >= 11 is 0. The molecule has 1 fully saturated rings. The Hall–Kier alpha value is -1.75. The van der Waals surface area contributed by atoms with Crippen molar-refractivity contribution in [1.82, 2.24) is 20.4 Å². The lowest BCUT2D eigenvalue weighted by molar-refractivity contribution is 0.376. The normalized spacial score (nSPS) is 14.9. The first-order valence-corrected chi connectivity index (χ1v) is 6.30. The van der Waals surface area contributed by atoms with E-state index in [1.165, 1.54) is 12.8 Å². The number of aromatic nitrogens is 3. The molecule has 5 heteroatoms. The van der Waals surface area contributed by atoms with Crippen molar-refractivity contribution >= 4 is 0 Å². The summed E-state index contributed by atoms with van der Waals surface area (Å²) in [6.45, 7) is 2.92. The second-order valence-corrected chi connectivity index (χ2v) is 4.71. The van der Waals surface area contributed by atoms with Gasteiger partial charge >= 0.3 is 0 Å². The predicted octanol–water partition coefficient (Wildman–Crippen LogP) is 1.73. The minimum Gasteiger partial charge on any atom is -0.339 e. The maximum absolute atomic E-state index is 5.22. The summed E-state index contributed by atoms with van der Waals surface area (Å²) in [6, 6.07) is 4.62. The SMILES string of the molecule is Cc1ccnc(-c2noc(CCNC3CC3)n2)c1. The summed E-state index contributed by atoms with van der Waals surface area (Å²) in [5, 5.41) is 7.38. The van der Waals surface area contributed by atoms with Gasteiger partial charge in [0.15, 0.2) is 0 Å². The largest absolute Gasteiger partial charge is 0.339 e. The zero-order chi connectivity index (χ0) is 12.4. The van der Waals surface area contributed by atoms with E-state index in [-0.39, 0.29) is 0 Å². The topological polar surface area (TPSA) is 63.8 Å². The number of nitrogens with zero attached hydrogens (tertiary/aromatic N) is 3. The average Bonchev–Trinajstić information content (AvgIpc) is 3.06. The van der Waals surface area contributed by atoms with Crippen LogP contribution in [0.3, 0.4) is 0 Å². The first-order valence-electron chi connectivity index (χ1n) is 6.30. The van der Waals surface area contributed by atoms with Crippen molar-refractivity contribution in [3.05, 3.63) is 29.8 Å². The van der Waals surface area contributed by atoms with E-state index < -0.39 is 0 Å². The molecule has 0 aliphatic heterocycles. The number of pyridine rings is 1. The zero-order valence-corrected chi connectivity index (χ0v) is 10.4. The standard InChI is InChI=1S/C13H16N4O/c1-9-4-6-15-11(8-9)13-16-12(18-17-13)5-7-14-10-2-3-10/h4,6,8,10,14H,2-3,5,7H2,1H3. The van der Waals surface area contributed by atoms with Crippen LogP contribution in [-0.4, -0.2) is 27.7 Å². The summed E-state index contributed by atoms with van der Waals surface area (Å²) in [5.41, 5.74) is 1.90. The van der Waals surface area contributed by atoms with Crippen molar-refractivity contribution in [1.29, 1.82) is 0 Å². The molecule has 1 N–H and O–H groups in total. The van der Waals surface area contributed by atoms with Crippen LogP contribution < -0.4 is 5.32 Å². The fourth-order valence-corrected chi connectivity index (χ4v) is 1.79. The molecule has 0 aromatic carbocycles. The molecule has 5 nitrogen and oxygen atoms in total. The van der Waals surface area contributed by atoms with Gasteiger partial charge in [0, 0.05) is 25.2 Å². The number of aryl methyl sites for hydroxylation is 1. The Morgan fingerprint density at radius 2 is 2.33 bits per heavy atom. The summed E-state index contributed by atoms with van der Waals surface area (Å²) in [7, 11) is 0. The maximum atomic E-state index is 5.22. The van der Waals surface area contributed by atoms with E-state index in [4.69, 9.17) is 4.52 Å². The quantitative estimate of drug-likeness (QED) is 0.867. The van der Waals surface area contributed by atoms with Gasteiger partial charge in [0.25, 0.3) is 0 Å². The molecule has 0 unspecified atom stereocenters. The molecule has 0 saturated heterocycles. The Bertz CT molecular complexity index is 533. The number of nitrogens with one attached hydrogen (secondary N) is 1. The molecule has 1 saturated carbocycles. The molecule has 0 spiro atoms. The molecule has 2 aromatic rings. The van der Waals surface area contributed by atoms with Crippen LogP contribution in [0.1, 0.15) is 24.3 Å². The molecule has 2 aromatic heterocycles. The molecule has 94 valence electrons. The van der Waals surface area contributed by atoms with Crippen molar-refractivity contribution in [2.75, 3.05) is 6.54 Å². The molecule has 1 aliphatic carbocycles. The summed E-state index contributed by atoms with van der Waals surface area (Å²) < 4.78 is 5.22. The average molecular weight is 244 g/mol. The van der Waals surface area contributed by atoms with Gasteiger partial charge in [-0.1, -0.05) is 5.16 Å². The van der Waals surface area contributed by atoms with E-state index in [0.29, 0.717) is 17.8 Å². The number of hydrogen-bond acceptors (Lipinski definition) is 5. The van der Waals surface area contributed by atoms with Crippen molar-refractivity contribution in [2.45, 2.75) is 32.2 Å². The van der Waals surface area contributed by atoms with Crippen LogP contribution in [0.2, 0.25) is 0 Å². The number of rotatable bonds is 5. The van der Waals surface area contributed by atoms with E-state index in [2.05, 4.69) is 20.4 Å². The molecular formula is C13H16N4O. The van der Waals surface area contributed by atoms with Crippen molar-refractivity contribution in [3.63, 3.8) is 0 Å². The molecule has 0 amide bonds. The summed E-state index contributed by atoms with van der Waals surface area (Å²) in [4.78, 5) is 8.60. The smallest absolute Gasteiger partial charge is 0.228 e. The third-order valence-corrected chi connectivity index (χ3v) is 2.96. The van der Waals surface area contributed by atoms with Crippen LogP contribution in [0.15, 0.2) is 22.9 Å². The predicted molar refractivity (Wildman–Crippen MR) is 67.0 cm³/mol. The van der Waals surface area contributed by atoms with Crippen LogP contribution >= 0.6 is 0 Å². The Morgan fingerprint density at radius 1 is 1.44 bits per heavy atom. The van der Waals surface area contributed by atoms with Gasteiger partial charge in [-0.2, -0.15) is 4.98 Å². The van der Waals surface area contributed by atoms with E-state index in [1.54, 1.807) is 6.20 Å². The molecule has 2 heterocycles. The fourth-order valence-electron chi connectivity index (χ4n) is 1.79. The van der Waals surface area contributed by atoms with Gasteiger partial charge in [-0.3, -0.25) is 4.98 Å². The highest BCUT2D eigenvalue weighted by Crippen LogP contribution is 2.18. The van der Waals surface area contributed by atoms with Crippen molar-refractivity contribution < 1.29 is 4.52 Å². The minimum absolute atomic E-state index is 0.570. The molecular weight excluding hydrogens is 228 g/mol. The first-order chi connectivity index (χ1) is 8.81. The van der Waals surface area contributed by atoms with E-state index in [9.17, 15) is 0 Å². The number of hydrogen-bond donors (Lipinski definition) is 1. The highest BCUT2D eigenvalue weighted by molar-refractivity contribution is 5.48. The fraction of sp³-hybridized carbons (Fsp3) is 0.462. The Balaban J connectivity index is 1.64. The van der Waals surface area contributed by atoms with Crippen LogP contribution in [0.25, 0.3) is 11.5 Å². The molecule has 0 atom stereocenters. The van der Waals surface area contributed by atoms with Gasteiger partial charge in [0.05, 0.1) is 0 Å². The highest BCUT2D eigenvalue weighted by atomic mass is 16.5. The third-order valence-electron chi connectivity index (χ3n) is 2.96. The minimum atomic E-state index is 0.570. The van der Waals surface area contributed by atoms with Gasteiger partial charge in [0.1, 0.15) is 5.69 Å². The maximum Gasteiger partial charge on any atom is 0.228 e. The summed E-state index contributed by atoms with van der Waals surface area (Å²) in [6.07, 6.45) is 5.12. The zero-order valence-electron chi connectivity index (χ0n) is 10.4. The van der Waals surface area contributed by atoms with Gasteiger partial charge in [-0.15, -0.1) is 0 Å². The monoisotopic (exact) mass is 244 g/mol. The van der Waals surface area contributed by atoms with Gasteiger partial charge in [-0.05, 0) is 37.5 Å². The van der Waals surface area contributed by atoms with Gasteiger partial charge < -0.3 is 9.84 Å². The van der Waals surface area contributed by atoms with Crippen LogP contribution in [0, 0.1) is 6.92 Å². The van der Waals surface area contributed by atoms with Gasteiger partial charge in [0.2, 0.25) is 11.7 Å². The molecule has 1 aliphatic rings. The lowest BCUT2D eigenvalue weighted by Crippen LogP contribution is -2.19. The Morgan fingerprint density at radius 3 is 3.11 bits per heavy atom. The Kier molecular flexibility index (Phi) is 3.06. The molecule has 0 bridgehead atoms. The van der Waals surface area contributed by atoms with Crippen LogP contribution in [-0.2, 0) is 6.42 Å². The lowest BCUT2D eigenvalue weighted by Gasteiger charge is -1.97. The Labute approximate surface area is 106 Å². The van der Waals surface area contributed by atoms with Crippen molar-refractivity contribution in [3.8, 4) is 11.5 Å². The second kappa shape index (κ2) is 4.86. The summed E-state index contributed by atoms with van der Waals surface area (Å²) in [5.74, 6) is 1.24. The van der Waals surface area contributed by atoms with E-state index >= 15 is 0 Å². The first kappa shape index (κ1) is 11.3. The van der Waals surface area contributed by atoms with E-state index in [1.807, 2.05) is 19.1 Å². The third kappa shape index (κ3) is 2.73. The van der Waals surface area contributed by atoms with Crippen LogP contribution in [0.5, 0.6) is 0 Å². The molecule has 18 heavy (non-hydrogen) atoms. The van der Waals surface area contributed by atoms with E-state index in [0.717, 1.165) is 24.2 Å². The van der Waals surface area contributed by atoms with Gasteiger partial charge in [-0.25, -0.2) is 0 Å². The molecule has 3 rings (SSSR count). The lowest BCUT2D eigenvalue weighted by atomic mass is 10.2. The second-order valence-electron chi connectivity index (χ2n) is 4.71. The molecule has 0 radical (unpaired) electrons. The highest BCUT2D eigenvalue weighted by Gasteiger charge is 2.20. The van der Waals surface area contributed by atoms with Crippen molar-refractivity contribution in [2.24, 2.45) is 0 Å². The van der Waals surface area contributed by atoms with Crippen LogP contribution in [0.4, 0.5) is 0 Å².